The molecule has 2 rings (SSSR count). The SMILES string of the molecule is C[C@@H]1[C@H](C(=O)O)CCCN1C(=O)C1CCCS1. The van der Waals surface area contributed by atoms with Crippen LogP contribution in [-0.2, 0) is 9.59 Å². The molecule has 2 heterocycles. The highest BCUT2D eigenvalue weighted by Crippen LogP contribution is 2.31. The maximum absolute atomic E-state index is 12.3. The molecular weight excluding hydrogens is 238 g/mol. The van der Waals surface area contributed by atoms with Crippen molar-refractivity contribution in [1.29, 1.82) is 0 Å². The number of thioether (sulfide) groups is 1. The van der Waals surface area contributed by atoms with Crippen molar-refractivity contribution in [2.24, 2.45) is 5.92 Å². The molecule has 17 heavy (non-hydrogen) atoms. The lowest BCUT2D eigenvalue weighted by molar-refractivity contribution is -0.148. The minimum absolute atomic E-state index is 0.0741. The van der Waals surface area contributed by atoms with Gasteiger partial charge in [0.1, 0.15) is 0 Å². The third-order valence-corrected chi connectivity index (χ3v) is 5.16. The van der Waals surface area contributed by atoms with Crippen molar-refractivity contribution < 1.29 is 14.7 Å². The smallest absolute Gasteiger partial charge is 0.308 e. The Kier molecular flexibility index (Phi) is 3.97. The van der Waals surface area contributed by atoms with E-state index in [9.17, 15) is 9.59 Å². The van der Waals surface area contributed by atoms with Crippen LogP contribution >= 0.6 is 11.8 Å². The fourth-order valence-corrected chi connectivity index (χ4v) is 3.97. The van der Waals surface area contributed by atoms with E-state index in [1.807, 2.05) is 6.92 Å². The maximum Gasteiger partial charge on any atom is 0.308 e. The van der Waals surface area contributed by atoms with E-state index < -0.39 is 5.97 Å². The number of nitrogens with zero attached hydrogens (tertiary/aromatic N) is 1. The summed E-state index contributed by atoms with van der Waals surface area (Å²) in [5.74, 6) is 0.0557. The van der Waals surface area contributed by atoms with E-state index in [0.717, 1.165) is 31.6 Å². The minimum atomic E-state index is -0.769. The number of carboxylic acid groups (broad SMARTS) is 1. The normalized spacial score (nSPS) is 33.7. The number of piperidine rings is 1. The van der Waals surface area contributed by atoms with E-state index in [-0.39, 0.29) is 23.1 Å². The number of carbonyl (C=O) groups excluding carboxylic acids is 1. The lowest BCUT2D eigenvalue weighted by atomic mass is 9.90. The summed E-state index contributed by atoms with van der Waals surface area (Å²) in [7, 11) is 0. The van der Waals surface area contributed by atoms with Crippen molar-refractivity contribution in [3.63, 3.8) is 0 Å². The molecule has 1 N–H and O–H groups in total. The fraction of sp³-hybridized carbons (Fsp3) is 0.833. The van der Waals surface area contributed by atoms with Crippen molar-refractivity contribution in [2.45, 2.75) is 43.9 Å². The minimum Gasteiger partial charge on any atom is -0.481 e. The summed E-state index contributed by atoms with van der Waals surface area (Å²) in [4.78, 5) is 25.2. The van der Waals surface area contributed by atoms with Crippen LogP contribution in [0.25, 0.3) is 0 Å². The zero-order chi connectivity index (χ0) is 12.4. The number of hydrogen-bond donors (Lipinski definition) is 1. The molecule has 2 aliphatic rings. The van der Waals surface area contributed by atoms with Gasteiger partial charge in [0, 0.05) is 12.6 Å². The predicted octanol–water partition coefficient (Wildman–Crippen LogP) is 1.59. The second kappa shape index (κ2) is 5.29. The van der Waals surface area contributed by atoms with E-state index in [4.69, 9.17) is 5.11 Å². The maximum atomic E-state index is 12.3. The summed E-state index contributed by atoms with van der Waals surface area (Å²) in [6.45, 7) is 2.59. The molecule has 0 aromatic heterocycles. The molecule has 2 aliphatic heterocycles. The molecule has 0 bridgehead atoms. The molecule has 1 unspecified atom stereocenters. The van der Waals surface area contributed by atoms with Gasteiger partial charge >= 0.3 is 5.97 Å². The second-order valence-electron chi connectivity index (χ2n) is 4.86. The Morgan fingerprint density at radius 2 is 2.06 bits per heavy atom. The molecule has 4 nitrogen and oxygen atoms in total. The molecule has 5 heteroatoms. The third kappa shape index (κ3) is 2.59. The summed E-state index contributed by atoms with van der Waals surface area (Å²) in [6, 6.07) is -0.157. The van der Waals surface area contributed by atoms with E-state index in [0.29, 0.717) is 6.42 Å². The number of amides is 1. The van der Waals surface area contributed by atoms with Crippen LogP contribution in [0.2, 0.25) is 0 Å². The largest absolute Gasteiger partial charge is 0.481 e. The Morgan fingerprint density at radius 3 is 2.65 bits per heavy atom. The number of carbonyl (C=O) groups is 2. The van der Waals surface area contributed by atoms with Crippen LogP contribution in [-0.4, -0.2) is 45.5 Å². The molecule has 2 saturated heterocycles. The molecular formula is C12H19NO3S. The van der Waals surface area contributed by atoms with Crippen molar-refractivity contribution in [3.8, 4) is 0 Å². The molecule has 0 saturated carbocycles. The summed E-state index contributed by atoms with van der Waals surface area (Å²) < 4.78 is 0. The summed E-state index contributed by atoms with van der Waals surface area (Å²) in [5.41, 5.74) is 0. The average molecular weight is 257 g/mol. The topological polar surface area (TPSA) is 57.6 Å². The summed E-state index contributed by atoms with van der Waals surface area (Å²) in [5, 5.41) is 9.20. The van der Waals surface area contributed by atoms with Crippen LogP contribution in [0.15, 0.2) is 0 Å². The van der Waals surface area contributed by atoms with Gasteiger partial charge < -0.3 is 10.0 Å². The molecule has 1 amide bonds. The van der Waals surface area contributed by atoms with Crippen molar-refractivity contribution in [2.75, 3.05) is 12.3 Å². The number of likely N-dealkylation sites (tertiary alicyclic amines) is 1. The molecule has 0 spiro atoms. The number of rotatable bonds is 2. The van der Waals surface area contributed by atoms with Crippen molar-refractivity contribution >= 4 is 23.6 Å². The van der Waals surface area contributed by atoms with Crippen LogP contribution in [0.5, 0.6) is 0 Å². The quantitative estimate of drug-likeness (QED) is 0.816. The molecule has 3 atom stereocenters. The molecule has 2 fully saturated rings. The average Bonchev–Trinajstić information content (AvgIpc) is 2.81. The lowest BCUT2D eigenvalue weighted by Gasteiger charge is -2.38. The molecule has 0 aliphatic carbocycles. The van der Waals surface area contributed by atoms with Crippen LogP contribution < -0.4 is 0 Å². The molecule has 0 aromatic carbocycles. The van der Waals surface area contributed by atoms with Crippen LogP contribution in [0.3, 0.4) is 0 Å². The number of hydrogen-bond acceptors (Lipinski definition) is 3. The van der Waals surface area contributed by atoms with Gasteiger partial charge in [-0.2, -0.15) is 0 Å². The Labute approximate surface area is 106 Å². The Hall–Kier alpha value is -0.710. The van der Waals surface area contributed by atoms with Gasteiger partial charge in [-0.1, -0.05) is 0 Å². The Balaban J connectivity index is 2.04. The number of aliphatic carboxylic acids is 1. The third-order valence-electron chi connectivity index (χ3n) is 3.79. The Bertz CT molecular complexity index is 315. The highest BCUT2D eigenvalue weighted by atomic mass is 32.2. The monoisotopic (exact) mass is 257 g/mol. The van der Waals surface area contributed by atoms with Gasteiger partial charge in [-0.25, -0.2) is 0 Å². The van der Waals surface area contributed by atoms with Gasteiger partial charge in [-0.05, 0) is 38.4 Å². The van der Waals surface area contributed by atoms with E-state index in [1.165, 1.54) is 0 Å². The van der Waals surface area contributed by atoms with E-state index >= 15 is 0 Å². The molecule has 0 radical (unpaired) electrons. The zero-order valence-electron chi connectivity index (χ0n) is 10.1. The predicted molar refractivity (Wildman–Crippen MR) is 67.0 cm³/mol. The van der Waals surface area contributed by atoms with Crippen LogP contribution in [0.4, 0.5) is 0 Å². The Morgan fingerprint density at radius 1 is 1.29 bits per heavy atom. The highest BCUT2D eigenvalue weighted by Gasteiger charge is 2.38. The van der Waals surface area contributed by atoms with Crippen LogP contribution in [0.1, 0.15) is 32.6 Å². The standard InChI is InChI=1S/C12H19NO3S/c1-8-9(12(15)16)4-2-6-13(8)11(14)10-5-3-7-17-10/h8-10H,2-7H2,1H3,(H,15,16)/t8-,9-,10?/m1/s1. The second-order valence-corrected chi connectivity index (χ2v) is 6.17. The first-order valence-electron chi connectivity index (χ1n) is 6.26. The van der Waals surface area contributed by atoms with Gasteiger partial charge in [-0.15, -0.1) is 11.8 Å². The fourth-order valence-electron chi connectivity index (χ4n) is 2.74. The summed E-state index contributed by atoms with van der Waals surface area (Å²) in [6.07, 6.45) is 3.55. The zero-order valence-corrected chi connectivity index (χ0v) is 10.9. The first-order valence-corrected chi connectivity index (χ1v) is 7.31. The first kappa shape index (κ1) is 12.7. The van der Waals surface area contributed by atoms with Crippen molar-refractivity contribution in [3.05, 3.63) is 0 Å². The van der Waals surface area contributed by atoms with Gasteiger partial charge in [0.05, 0.1) is 11.2 Å². The summed E-state index contributed by atoms with van der Waals surface area (Å²) >= 11 is 1.72. The number of carboxylic acids is 1. The molecule has 96 valence electrons. The highest BCUT2D eigenvalue weighted by molar-refractivity contribution is 8.00. The van der Waals surface area contributed by atoms with Gasteiger partial charge in [0.2, 0.25) is 5.91 Å². The first-order chi connectivity index (χ1) is 8.11. The van der Waals surface area contributed by atoms with Gasteiger partial charge in [-0.3, -0.25) is 9.59 Å². The van der Waals surface area contributed by atoms with Crippen LogP contribution in [0, 0.1) is 5.92 Å². The van der Waals surface area contributed by atoms with Gasteiger partial charge in [0.15, 0.2) is 0 Å². The van der Waals surface area contributed by atoms with Gasteiger partial charge in [0.25, 0.3) is 0 Å². The van der Waals surface area contributed by atoms with E-state index in [1.54, 1.807) is 16.7 Å². The van der Waals surface area contributed by atoms with E-state index in [2.05, 4.69) is 0 Å². The van der Waals surface area contributed by atoms with Crippen molar-refractivity contribution in [1.82, 2.24) is 4.90 Å². The molecule has 0 aromatic rings. The lowest BCUT2D eigenvalue weighted by Crippen LogP contribution is -2.51.